The van der Waals surface area contributed by atoms with E-state index in [4.69, 9.17) is 0 Å². The molecule has 0 amide bonds. The van der Waals surface area contributed by atoms with E-state index in [0.717, 1.165) is 34.8 Å². The monoisotopic (exact) mass is 240 g/mol. The number of hydrogen-bond donors (Lipinski definition) is 1. The van der Waals surface area contributed by atoms with Gasteiger partial charge in [-0.25, -0.2) is 0 Å². The molecule has 4 saturated carbocycles. The number of nitrogens with zero attached hydrogens (tertiary/aromatic N) is 1. The highest BCUT2D eigenvalue weighted by molar-refractivity contribution is 5.43. The zero-order valence-electron chi connectivity index (χ0n) is 10.9. The Balaban J connectivity index is 1.75. The van der Waals surface area contributed by atoms with E-state index in [0.29, 0.717) is 5.92 Å². The zero-order valence-corrected chi connectivity index (χ0v) is 10.9. The Morgan fingerprint density at radius 1 is 1.11 bits per heavy atom. The lowest BCUT2D eigenvalue weighted by atomic mass is 9.51. The van der Waals surface area contributed by atoms with Crippen molar-refractivity contribution in [3.05, 3.63) is 23.0 Å². The van der Waals surface area contributed by atoms with Crippen LogP contribution in [0.2, 0.25) is 0 Å². The second-order valence-electron chi connectivity index (χ2n) is 6.83. The first-order valence-electron chi connectivity index (χ1n) is 7.34. The number of hydrogen-bond acceptors (Lipinski definition) is 1. The molecule has 4 aliphatic carbocycles. The molecule has 4 fully saturated rings. The van der Waals surface area contributed by atoms with Crippen LogP contribution in [-0.4, -0.2) is 4.98 Å². The van der Waals surface area contributed by atoms with Gasteiger partial charge in [0.1, 0.15) is 6.07 Å². The topological polar surface area (TPSA) is 39.6 Å². The van der Waals surface area contributed by atoms with Gasteiger partial charge in [-0.2, -0.15) is 5.26 Å². The van der Waals surface area contributed by atoms with E-state index in [9.17, 15) is 5.26 Å². The van der Waals surface area contributed by atoms with Crippen LogP contribution in [0.5, 0.6) is 0 Å². The van der Waals surface area contributed by atoms with Crippen LogP contribution in [0.25, 0.3) is 0 Å². The second kappa shape index (κ2) is 3.63. The van der Waals surface area contributed by atoms with Gasteiger partial charge >= 0.3 is 0 Å². The maximum absolute atomic E-state index is 9.37. The molecule has 94 valence electrons. The molecule has 0 saturated heterocycles. The van der Waals surface area contributed by atoms with Gasteiger partial charge in [-0.15, -0.1) is 0 Å². The van der Waals surface area contributed by atoms with Crippen molar-refractivity contribution in [3.8, 4) is 6.07 Å². The number of aromatic amines is 1. The minimum atomic E-state index is 0.654. The number of aromatic nitrogens is 1. The molecular weight excluding hydrogens is 220 g/mol. The van der Waals surface area contributed by atoms with Crippen LogP contribution in [0.15, 0.2) is 6.20 Å². The van der Waals surface area contributed by atoms with E-state index in [-0.39, 0.29) is 0 Å². The lowest BCUT2D eigenvalue weighted by Crippen LogP contribution is -2.44. The van der Waals surface area contributed by atoms with E-state index < -0.39 is 0 Å². The number of aryl methyl sites for hydroxylation is 1. The summed E-state index contributed by atoms with van der Waals surface area (Å²) in [5.74, 6) is 4.37. The molecule has 0 spiro atoms. The van der Waals surface area contributed by atoms with E-state index in [1.54, 1.807) is 0 Å². The largest absolute Gasteiger partial charge is 0.363 e. The first-order chi connectivity index (χ1) is 8.76. The van der Waals surface area contributed by atoms with Crippen molar-refractivity contribution >= 4 is 0 Å². The van der Waals surface area contributed by atoms with Gasteiger partial charge in [0.05, 0.1) is 5.56 Å². The molecule has 4 aliphatic rings. The summed E-state index contributed by atoms with van der Waals surface area (Å²) in [5, 5.41) is 9.37. The fourth-order valence-corrected chi connectivity index (χ4v) is 5.35. The molecule has 2 heteroatoms. The predicted molar refractivity (Wildman–Crippen MR) is 70.0 cm³/mol. The summed E-state index contributed by atoms with van der Waals surface area (Å²) in [6, 6.07) is 2.42. The van der Waals surface area contributed by atoms with Gasteiger partial charge in [0.2, 0.25) is 0 Å². The summed E-state index contributed by atoms with van der Waals surface area (Å²) in [4.78, 5) is 3.43. The first-order valence-corrected chi connectivity index (χ1v) is 7.34. The highest BCUT2D eigenvalue weighted by Gasteiger charge is 2.49. The molecule has 0 unspecified atom stereocenters. The number of rotatable bonds is 1. The first kappa shape index (κ1) is 10.7. The van der Waals surface area contributed by atoms with Crippen molar-refractivity contribution in [2.45, 2.75) is 44.9 Å². The summed E-state index contributed by atoms with van der Waals surface area (Å²) in [5.41, 5.74) is 3.33. The van der Waals surface area contributed by atoms with Gasteiger partial charge in [0.15, 0.2) is 0 Å². The molecule has 1 aromatic rings. The molecule has 4 bridgehead atoms. The summed E-state index contributed by atoms with van der Waals surface area (Å²) < 4.78 is 0. The molecule has 0 aromatic carbocycles. The van der Waals surface area contributed by atoms with E-state index >= 15 is 0 Å². The SMILES string of the molecule is Cc1c[nH]c(C2C3CC4CC(C3)CC2C4)c1C#N. The van der Waals surface area contributed by atoms with E-state index in [1.807, 2.05) is 6.20 Å². The summed E-state index contributed by atoms with van der Waals surface area (Å²) in [6.45, 7) is 2.05. The Morgan fingerprint density at radius 2 is 1.72 bits per heavy atom. The Morgan fingerprint density at radius 3 is 2.28 bits per heavy atom. The van der Waals surface area contributed by atoms with Crippen LogP contribution in [0, 0.1) is 41.9 Å². The van der Waals surface area contributed by atoms with Crippen LogP contribution < -0.4 is 0 Å². The van der Waals surface area contributed by atoms with Crippen LogP contribution >= 0.6 is 0 Å². The molecule has 0 aliphatic heterocycles. The Labute approximate surface area is 108 Å². The van der Waals surface area contributed by atoms with Crippen LogP contribution in [0.4, 0.5) is 0 Å². The average Bonchev–Trinajstić information content (AvgIpc) is 2.69. The van der Waals surface area contributed by atoms with Gasteiger partial charge in [0, 0.05) is 17.8 Å². The Bertz CT molecular complexity index is 492. The normalized spacial score (nSPS) is 41.0. The van der Waals surface area contributed by atoms with Gasteiger partial charge in [-0.3, -0.25) is 0 Å². The smallest absolute Gasteiger partial charge is 0.101 e. The lowest BCUT2D eigenvalue weighted by Gasteiger charge is -2.54. The van der Waals surface area contributed by atoms with E-state index in [1.165, 1.54) is 37.8 Å². The van der Waals surface area contributed by atoms with Gasteiger partial charge in [-0.1, -0.05) is 0 Å². The van der Waals surface area contributed by atoms with Gasteiger partial charge in [-0.05, 0) is 68.3 Å². The van der Waals surface area contributed by atoms with Crippen LogP contribution in [0.3, 0.4) is 0 Å². The molecule has 5 rings (SSSR count). The maximum atomic E-state index is 9.37. The maximum Gasteiger partial charge on any atom is 0.101 e. The lowest BCUT2D eigenvalue weighted by molar-refractivity contribution is -0.00408. The molecular formula is C16H20N2. The van der Waals surface area contributed by atoms with Crippen molar-refractivity contribution in [2.75, 3.05) is 0 Å². The quantitative estimate of drug-likeness (QED) is 0.798. The summed E-state index contributed by atoms with van der Waals surface area (Å²) >= 11 is 0. The Hall–Kier alpha value is -1.23. The molecule has 1 aromatic heterocycles. The number of H-pyrrole nitrogens is 1. The highest BCUT2D eigenvalue weighted by Crippen LogP contribution is 2.59. The van der Waals surface area contributed by atoms with Gasteiger partial charge < -0.3 is 4.98 Å². The van der Waals surface area contributed by atoms with Crippen molar-refractivity contribution in [1.29, 1.82) is 5.26 Å². The van der Waals surface area contributed by atoms with Crippen LogP contribution in [-0.2, 0) is 0 Å². The fourth-order valence-electron chi connectivity index (χ4n) is 5.35. The minimum Gasteiger partial charge on any atom is -0.363 e. The van der Waals surface area contributed by atoms with Gasteiger partial charge in [0.25, 0.3) is 0 Å². The number of nitrogens with one attached hydrogen (secondary N) is 1. The molecule has 2 nitrogen and oxygen atoms in total. The molecule has 18 heavy (non-hydrogen) atoms. The minimum absolute atomic E-state index is 0.654. The Kier molecular flexibility index (Phi) is 2.15. The third-order valence-corrected chi connectivity index (χ3v) is 5.78. The number of nitriles is 1. The summed E-state index contributed by atoms with van der Waals surface area (Å²) in [6.07, 6.45) is 9.19. The zero-order chi connectivity index (χ0) is 12.3. The second-order valence-corrected chi connectivity index (χ2v) is 6.83. The summed E-state index contributed by atoms with van der Waals surface area (Å²) in [7, 11) is 0. The van der Waals surface area contributed by atoms with Crippen LogP contribution in [0.1, 0.15) is 54.8 Å². The highest BCUT2D eigenvalue weighted by atomic mass is 14.7. The van der Waals surface area contributed by atoms with Crippen molar-refractivity contribution < 1.29 is 0 Å². The predicted octanol–water partition coefficient (Wildman–Crippen LogP) is 3.73. The third-order valence-electron chi connectivity index (χ3n) is 5.78. The fraction of sp³-hybridized carbons (Fsp3) is 0.688. The molecule has 0 radical (unpaired) electrons. The molecule has 0 atom stereocenters. The average molecular weight is 240 g/mol. The van der Waals surface area contributed by atoms with Crippen molar-refractivity contribution in [3.63, 3.8) is 0 Å². The third kappa shape index (κ3) is 1.34. The standard InChI is InChI=1S/C16H20N2/c1-9-8-18-16(14(9)7-17)15-12-3-10-2-11(5-12)6-13(15)4-10/h8,10-13,15,18H,2-6H2,1H3. The van der Waals surface area contributed by atoms with Crippen molar-refractivity contribution in [1.82, 2.24) is 4.98 Å². The molecule has 1 N–H and O–H groups in total. The van der Waals surface area contributed by atoms with Crippen molar-refractivity contribution in [2.24, 2.45) is 23.7 Å². The van der Waals surface area contributed by atoms with E-state index in [2.05, 4.69) is 18.0 Å². The molecule has 1 heterocycles.